The summed E-state index contributed by atoms with van der Waals surface area (Å²) < 4.78 is 1.97. The smallest absolute Gasteiger partial charge is 0.225 e. The fourth-order valence-electron chi connectivity index (χ4n) is 4.84. The van der Waals surface area contributed by atoms with Crippen LogP contribution in [0.3, 0.4) is 0 Å². The molecule has 2 aromatic heterocycles. The van der Waals surface area contributed by atoms with Crippen LogP contribution in [-0.4, -0.2) is 55.0 Å². The zero-order valence-electron chi connectivity index (χ0n) is 15.3. The van der Waals surface area contributed by atoms with Gasteiger partial charge in [-0.15, -0.1) is 0 Å². The maximum atomic E-state index is 9.94. The fraction of sp³-hybridized carbons (Fsp3) is 0.632. The average Bonchev–Trinajstić information content (AvgIpc) is 3.17. The Morgan fingerprint density at radius 1 is 1.27 bits per heavy atom. The van der Waals surface area contributed by atoms with E-state index in [4.69, 9.17) is 4.98 Å². The molecule has 2 bridgehead atoms. The van der Waals surface area contributed by atoms with Gasteiger partial charge >= 0.3 is 0 Å². The first kappa shape index (κ1) is 16.2. The second kappa shape index (κ2) is 6.32. The van der Waals surface area contributed by atoms with Crippen molar-refractivity contribution < 1.29 is 5.11 Å². The highest BCUT2D eigenvalue weighted by Gasteiger charge is 2.41. The van der Waals surface area contributed by atoms with Gasteiger partial charge in [-0.05, 0) is 31.7 Å². The summed E-state index contributed by atoms with van der Waals surface area (Å²) in [5, 5.41) is 14.2. The van der Waals surface area contributed by atoms with E-state index in [2.05, 4.69) is 25.9 Å². The first-order valence-electron chi connectivity index (χ1n) is 9.70. The molecule has 26 heavy (non-hydrogen) atoms. The summed E-state index contributed by atoms with van der Waals surface area (Å²) >= 11 is 0. The van der Waals surface area contributed by atoms with Gasteiger partial charge in [-0.2, -0.15) is 5.10 Å². The van der Waals surface area contributed by atoms with Crippen molar-refractivity contribution in [3.63, 3.8) is 0 Å². The maximum Gasteiger partial charge on any atom is 0.225 e. The summed E-state index contributed by atoms with van der Waals surface area (Å²) in [5.41, 5.74) is 3.76. The number of nitrogens with zero attached hydrogens (tertiary/aromatic N) is 6. The van der Waals surface area contributed by atoms with E-state index in [1.165, 1.54) is 29.8 Å². The first-order chi connectivity index (χ1) is 12.7. The lowest BCUT2D eigenvalue weighted by molar-refractivity contribution is 0.152. The minimum atomic E-state index is -0.256. The van der Waals surface area contributed by atoms with E-state index < -0.39 is 0 Å². The lowest BCUT2D eigenvalue weighted by atomic mass is 9.99. The summed E-state index contributed by atoms with van der Waals surface area (Å²) in [5.74, 6) is 0.794. The summed E-state index contributed by atoms with van der Waals surface area (Å²) in [6.45, 7) is 2.53. The van der Waals surface area contributed by atoms with E-state index in [-0.39, 0.29) is 6.10 Å². The number of aliphatic hydroxyl groups excluding tert-OH is 1. The molecule has 0 radical (unpaired) electrons. The quantitative estimate of drug-likeness (QED) is 0.899. The van der Waals surface area contributed by atoms with Crippen molar-refractivity contribution in [3.8, 4) is 0 Å². The number of aliphatic hydroxyl groups is 1. The molecule has 0 unspecified atom stereocenters. The SMILES string of the molecule is Cn1nccc1CN1[C@H]2CC[C@H]1c1cnc(N3CCC[C@H](O)C3)nc1C2. The van der Waals surface area contributed by atoms with E-state index in [1.807, 2.05) is 24.1 Å². The maximum absolute atomic E-state index is 9.94. The molecule has 1 N–H and O–H groups in total. The van der Waals surface area contributed by atoms with Crippen LogP contribution in [0.15, 0.2) is 18.5 Å². The van der Waals surface area contributed by atoms with Crippen LogP contribution < -0.4 is 4.90 Å². The highest BCUT2D eigenvalue weighted by molar-refractivity contribution is 5.37. The van der Waals surface area contributed by atoms with Crippen LogP contribution in [0.4, 0.5) is 5.95 Å². The van der Waals surface area contributed by atoms with Gasteiger partial charge in [0.15, 0.2) is 0 Å². The number of aryl methyl sites for hydroxylation is 1. The number of hydrogen-bond donors (Lipinski definition) is 1. The van der Waals surface area contributed by atoms with Gasteiger partial charge < -0.3 is 10.0 Å². The molecular formula is C19H26N6O. The molecule has 0 amide bonds. The zero-order valence-corrected chi connectivity index (χ0v) is 15.3. The largest absolute Gasteiger partial charge is 0.391 e. The number of hydrogen-bond acceptors (Lipinski definition) is 6. The monoisotopic (exact) mass is 354 g/mol. The summed E-state index contributed by atoms with van der Waals surface area (Å²) in [6, 6.07) is 3.08. The van der Waals surface area contributed by atoms with Gasteiger partial charge in [0.1, 0.15) is 0 Å². The van der Waals surface area contributed by atoms with E-state index in [0.29, 0.717) is 18.6 Å². The standard InChI is InChI=1S/C19H26N6O/c1-23-14(6-7-21-23)11-25-13-4-5-18(25)16-10-20-19(22-17(16)9-13)24-8-2-3-15(26)12-24/h6-7,10,13,15,18,26H,2-5,8-9,11-12H2,1H3/t13-,15-,18-/m0/s1. The van der Waals surface area contributed by atoms with Crippen molar-refractivity contribution in [3.05, 3.63) is 35.4 Å². The van der Waals surface area contributed by atoms with Crippen LogP contribution >= 0.6 is 0 Å². The van der Waals surface area contributed by atoms with Crippen molar-refractivity contribution in [2.24, 2.45) is 7.05 Å². The molecule has 0 aliphatic carbocycles. The zero-order chi connectivity index (χ0) is 17.7. The van der Waals surface area contributed by atoms with Gasteiger partial charge in [0.2, 0.25) is 5.95 Å². The Labute approximate surface area is 153 Å². The van der Waals surface area contributed by atoms with Crippen LogP contribution in [-0.2, 0) is 20.0 Å². The third kappa shape index (κ3) is 2.70. The van der Waals surface area contributed by atoms with Gasteiger partial charge in [0.05, 0.1) is 17.5 Å². The van der Waals surface area contributed by atoms with Crippen LogP contribution in [0.25, 0.3) is 0 Å². The van der Waals surface area contributed by atoms with Gasteiger partial charge in [-0.3, -0.25) is 9.58 Å². The van der Waals surface area contributed by atoms with Gasteiger partial charge in [-0.1, -0.05) is 0 Å². The molecule has 138 valence electrons. The Hall–Kier alpha value is -1.99. The molecular weight excluding hydrogens is 328 g/mol. The van der Waals surface area contributed by atoms with Crippen molar-refractivity contribution in [2.45, 2.75) is 56.8 Å². The molecule has 0 saturated carbocycles. The predicted molar refractivity (Wildman–Crippen MR) is 97.7 cm³/mol. The predicted octanol–water partition coefficient (Wildman–Crippen LogP) is 1.43. The minimum absolute atomic E-state index is 0.256. The van der Waals surface area contributed by atoms with Gasteiger partial charge in [0.25, 0.3) is 0 Å². The summed E-state index contributed by atoms with van der Waals surface area (Å²) in [4.78, 5) is 14.3. The van der Waals surface area contributed by atoms with E-state index in [1.54, 1.807) is 0 Å². The fourth-order valence-corrected chi connectivity index (χ4v) is 4.84. The topological polar surface area (TPSA) is 70.3 Å². The molecule has 5 heterocycles. The Balaban J connectivity index is 1.40. The Bertz CT molecular complexity index is 805. The Morgan fingerprint density at radius 2 is 2.19 bits per heavy atom. The molecule has 3 atom stereocenters. The third-order valence-corrected chi connectivity index (χ3v) is 6.26. The number of β-amino-alcohol motifs (C(OH)–C–C–N with tert-alkyl or cyclic N) is 1. The molecule has 3 aliphatic heterocycles. The molecule has 0 aromatic carbocycles. The van der Waals surface area contributed by atoms with E-state index in [0.717, 1.165) is 38.3 Å². The molecule has 2 saturated heterocycles. The molecule has 7 nitrogen and oxygen atoms in total. The average molecular weight is 354 g/mol. The van der Waals surface area contributed by atoms with Crippen LogP contribution in [0, 0.1) is 0 Å². The van der Waals surface area contributed by atoms with Crippen molar-refractivity contribution >= 4 is 5.95 Å². The number of fused-ring (bicyclic) bond motifs is 4. The molecule has 2 fully saturated rings. The molecule has 0 spiro atoms. The second-order valence-corrected chi connectivity index (χ2v) is 7.88. The summed E-state index contributed by atoms with van der Waals surface area (Å²) in [6.07, 6.45) is 8.94. The molecule has 7 heteroatoms. The Morgan fingerprint density at radius 3 is 3.00 bits per heavy atom. The van der Waals surface area contributed by atoms with E-state index >= 15 is 0 Å². The lowest BCUT2D eigenvalue weighted by Gasteiger charge is -2.36. The normalized spacial score (nSPS) is 28.4. The summed E-state index contributed by atoms with van der Waals surface area (Å²) in [7, 11) is 2.01. The third-order valence-electron chi connectivity index (χ3n) is 6.26. The number of anilines is 1. The van der Waals surface area contributed by atoms with Gasteiger partial charge in [0, 0.05) is 63.1 Å². The van der Waals surface area contributed by atoms with Crippen molar-refractivity contribution in [2.75, 3.05) is 18.0 Å². The van der Waals surface area contributed by atoms with Crippen LogP contribution in [0.1, 0.15) is 48.7 Å². The van der Waals surface area contributed by atoms with Crippen LogP contribution in [0.2, 0.25) is 0 Å². The van der Waals surface area contributed by atoms with Gasteiger partial charge in [-0.25, -0.2) is 9.97 Å². The van der Waals surface area contributed by atoms with E-state index in [9.17, 15) is 5.11 Å². The highest BCUT2D eigenvalue weighted by Crippen LogP contribution is 2.44. The highest BCUT2D eigenvalue weighted by atomic mass is 16.3. The van der Waals surface area contributed by atoms with Crippen molar-refractivity contribution in [1.29, 1.82) is 0 Å². The minimum Gasteiger partial charge on any atom is -0.391 e. The molecule has 3 aliphatic rings. The number of rotatable bonds is 3. The first-order valence-corrected chi connectivity index (χ1v) is 9.70. The Kier molecular flexibility index (Phi) is 3.94. The molecule has 2 aromatic rings. The molecule has 5 rings (SSSR count). The van der Waals surface area contributed by atoms with Crippen LogP contribution in [0.5, 0.6) is 0 Å². The lowest BCUT2D eigenvalue weighted by Crippen LogP contribution is -2.41. The second-order valence-electron chi connectivity index (χ2n) is 7.88. The van der Waals surface area contributed by atoms with Crippen molar-refractivity contribution in [1.82, 2.24) is 24.6 Å². The number of aromatic nitrogens is 4. The number of piperidine rings is 1.